The van der Waals surface area contributed by atoms with Crippen LogP contribution in [0.1, 0.15) is 11.4 Å². The summed E-state index contributed by atoms with van der Waals surface area (Å²) >= 11 is 0. The highest BCUT2D eigenvalue weighted by Gasteiger charge is 2.04. The van der Waals surface area contributed by atoms with E-state index in [1.165, 1.54) is 0 Å². The van der Waals surface area contributed by atoms with Gasteiger partial charge in [0, 0.05) is 17.1 Å². The largest absolute Gasteiger partial charge is 0.318 e. The molecule has 20 heavy (non-hydrogen) atoms. The number of nitrogens with one attached hydrogen (secondary N) is 1. The minimum absolute atomic E-state index is 0.205. The van der Waals surface area contributed by atoms with Crippen molar-refractivity contribution in [2.45, 2.75) is 13.8 Å². The van der Waals surface area contributed by atoms with Gasteiger partial charge in [0.1, 0.15) is 12.1 Å². The molecule has 98 valence electrons. The summed E-state index contributed by atoms with van der Waals surface area (Å²) < 4.78 is 2.12. The van der Waals surface area contributed by atoms with Gasteiger partial charge in [-0.3, -0.25) is 5.43 Å². The van der Waals surface area contributed by atoms with Crippen molar-refractivity contribution in [3.8, 4) is 17.8 Å². The van der Waals surface area contributed by atoms with Crippen LogP contribution in [-0.4, -0.2) is 10.3 Å². The highest BCUT2D eigenvalue weighted by molar-refractivity contribution is 6.10. The number of hydrazone groups is 1. The van der Waals surface area contributed by atoms with Crippen LogP contribution in [0.15, 0.2) is 41.5 Å². The van der Waals surface area contributed by atoms with Crippen molar-refractivity contribution in [3.63, 3.8) is 0 Å². The molecular formula is C15H13N5. The molecule has 0 aliphatic rings. The van der Waals surface area contributed by atoms with Crippen molar-refractivity contribution in [1.29, 1.82) is 10.5 Å². The number of nitriles is 2. The van der Waals surface area contributed by atoms with E-state index in [0.717, 1.165) is 22.8 Å². The maximum Gasteiger partial charge on any atom is 0.237 e. The molecule has 0 atom stereocenters. The zero-order valence-corrected chi connectivity index (χ0v) is 11.3. The average molecular weight is 263 g/mol. The van der Waals surface area contributed by atoms with Crippen molar-refractivity contribution in [2.75, 3.05) is 5.43 Å². The Morgan fingerprint density at radius 2 is 1.75 bits per heavy atom. The fourth-order valence-corrected chi connectivity index (χ4v) is 1.99. The lowest BCUT2D eigenvalue weighted by Crippen LogP contribution is -2.00. The third kappa shape index (κ3) is 2.68. The van der Waals surface area contributed by atoms with Crippen LogP contribution in [0, 0.1) is 36.5 Å². The second-order valence-electron chi connectivity index (χ2n) is 4.30. The van der Waals surface area contributed by atoms with E-state index in [-0.39, 0.29) is 5.71 Å². The summed E-state index contributed by atoms with van der Waals surface area (Å²) in [4.78, 5) is 0. The van der Waals surface area contributed by atoms with E-state index in [1.807, 2.05) is 38.1 Å². The summed E-state index contributed by atoms with van der Waals surface area (Å²) in [6, 6.07) is 15.1. The summed E-state index contributed by atoms with van der Waals surface area (Å²) in [6.07, 6.45) is 0. The van der Waals surface area contributed by atoms with Gasteiger partial charge in [0.2, 0.25) is 5.71 Å². The molecule has 0 aliphatic heterocycles. The maximum absolute atomic E-state index is 8.63. The fraction of sp³-hybridized carbons (Fsp3) is 0.133. The van der Waals surface area contributed by atoms with E-state index in [0.29, 0.717) is 0 Å². The SMILES string of the molecule is Cc1ccc(C)n1-c1cccc(NN=C(C#N)C#N)c1. The van der Waals surface area contributed by atoms with Gasteiger partial charge in [-0.15, -0.1) is 0 Å². The predicted molar refractivity (Wildman–Crippen MR) is 77.5 cm³/mol. The molecule has 0 aliphatic carbocycles. The van der Waals surface area contributed by atoms with Crippen molar-refractivity contribution in [2.24, 2.45) is 5.10 Å². The molecule has 0 amide bonds. The van der Waals surface area contributed by atoms with Crippen molar-refractivity contribution < 1.29 is 0 Å². The minimum atomic E-state index is -0.205. The molecule has 1 N–H and O–H groups in total. The summed E-state index contributed by atoms with van der Waals surface area (Å²) in [5.41, 5.74) is 6.51. The molecule has 5 nitrogen and oxygen atoms in total. The first kappa shape index (κ1) is 13.4. The highest BCUT2D eigenvalue weighted by Crippen LogP contribution is 2.19. The van der Waals surface area contributed by atoms with E-state index < -0.39 is 0 Å². The topological polar surface area (TPSA) is 76.9 Å². The number of aryl methyl sites for hydroxylation is 2. The van der Waals surface area contributed by atoms with E-state index in [1.54, 1.807) is 12.1 Å². The van der Waals surface area contributed by atoms with Gasteiger partial charge in [-0.25, -0.2) is 0 Å². The zero-order valence-electron chi connectivity index (χ0n) is 11.3. The van der Waals surface area contributed by atoms with E-state index >= 15 is 0 Å². The summed E-state index contributed by atoms with van der Waals surface area (Å²) in [7, 11) is 0. The number of hydrogen-bond donors (Lipinski definition) is 1. The molecule has 0 saturated heterocycles. The van der Waals surface area contributed by atoms with Crippen LogP contribution in [0.25, 0.3) is 5.69 Å². The molecule has 0 fully saturated rings. The standard InChI is InChI=1S/C15H13N5/c1-11-6-7-12(2)20(11)15-5-3-4-13(8-15)18-19-14(9-16)10-17/h3-8,18H,1-2H3. The molecule has 0 bridgehead atoms. The lowest BCUT2D eigenvalue weighted by Gasteiger charge is -2.10. The molecule has 1 aromatic carbocycles. The molecule has 2 rings (SSSR count). The Balaban J connectivity index is 2.33. The van der Waals surface area contributed by atoms with E-state index in [2.05, 4.69) is 27.2 Å². The number of rotatable bonds is 3. The lowest BCUT2D eigenvalue weighted by molar-refractivity contribution is 0.966. The monoisotopic (exact) mass is 263 g/mol. The van der Waals surface area contributed by atoms with Gasteiger partial charge >= 0.3 is 0 Å². The Morgan fingerprint density at radius 3 is 2.35 bits per heavy atom. The Morgan fingerprint density at radius 1 is 1.10 bits per heavy atom. The van der Waals surface area contributed by atoms with Crippen LogP contribution in [0.5, 0.6) is 0 Å². The first-order chi connectivity index (χ1) is 9.65. The summed E-state index contributed by atoms with van der Waals surface area (Å²) in [6.45, 7) is 4.07. The number of aromatic nitrogens is 1. The van der Waals surface area contributed by atoms with Gasteiger partial charge in [-0.05, 0) is 44.2 Å². The summed E-state index contributed by atoms with van der Waals surface area (Å²) in [5.74, 6) is 0. The molecule has 5 heteroatoms. The Bertz CT molecular complexity index is 705. The second-order valence-corrected chi connectivity index (χ2v) is 4.30. The Labute approximate surface area is 117 Å². The predicted octanol–water partition coefficient (Wildman–Crippen LogP) is 2.91. The van der Waals surface area contributed by atoms with Crippen LogP contribution in [0.2, 0.25) is 0 Å². The Kier molecular flexibility index (Phi) is 3.83. The van der Waals surface area contributed by atoms with Crippen molar-refractivity contribution in [3.05, 3.63) is 47.8 Å². The summed E-state index contributed by atoms with van der Waals surface area (Å²) in [5, 5.41) is 21.0. The number of benzene rings is 1. The van der Waals surface area contributed by atoms with Crippen LogP contribution in [0.3, 0.4) is 0 Å². The van der Waals surface area contributed by atoms with Crippen LogP contribution >= 0.6 is 0 Å². The lowest BCUT2D eigenvalue weighted by atomic mass is 10.2. The van der Waals surface area contributed by atoms with Crippen LogP contribution in [0.4, 0.5) is 5.69 Å². The van der Waals surface area contributed by atoms with E-state index in [4.69, 9.17) is 10.5 Å². The second kappa shape index (κ2) is 5.73. The van der Waals surface area contributed by atoms with Crippen LogP contribution in [-0.2, 0) is 0 Å². The van der Waals surface area contributed by atoms with Gasteiger partial charge in [0.25, 0.3) is 0 Å². The highest BCUT2D eigenvalue weighted by atomic mass is 15.3. The molecular weight excluding hydrogens is 250 g/mol. The van der Waals surface area contributed by atoms with Gasteiger partial charge in [-0.2, -0.15) is 15.6 Å². The molecule has 1 heterocycles. The van der Waals surface area contributed by atoms with Gasteiger partial charge in [-0.1, -0.05) is 6.07 Å². The number of hydrogen-bond acceptors (Lipinski definition) is 4. The van der Waals surface area contributed by atoms with Crippen molar-refractivity contribution >= 4 is 11.4 Å². The first-order valence-electron chi connectivity index (χ1n) is 6.05. The minimum Gasteiger partial charge on any atom is -0.318 e. The van der Waals surface area contributed by atoms with E-state index in [9.17, 15) is 0 Å². The first-order valence-corrected chi connectivity index (χ1v) is 6.05. The normalized spacial score (nSPS) is 9.40. The van der Waals surface area contributed by atoms with Gasteiger partial charge in [0.15, 0.2) is 0 Å². The average Bonchev–Trinajstić information content (AvgIpc) is 2.79. The number of anilines is 1. The zero-order chi connectivity index (χ0) is 14.5. The smallest absolute Gasteiger partial charge is 0.237 e. The van der Waals surface area contributed by atoms with Gasteiger partial charge in [0.05, 0.1) is 5.69 Å². The van der Waals surface area contributed by atoms with Crippen LogP contribution < -0.4 is 5.43 Å². The van der Waals surface area contributed by atoms with Crippen molar-refractivity contribution in [1.82, 2.24) is 4.57 Å². The molecule has 0 saturated carbocycles. The molecule has 2 aromatic rings. The third-order valence-electron chi connectivity index (χ3n) is 2.88. The maximum atomic E-state index is 8.63. The molecule has 0 radical (unpaired) electrons. The Hall–Kier alpha value is -3.05. The third-order valence-corrected chi connectivity index (χ3v) is 2.88. The molecule has 0 spiro atoms. The molecule has 1 aromatic heterocycles. The fourth-order valence-electron chi connectivity index (χ4n) is 1.99. The quantitative estimate of drug-likeness (QED) is 0.683. The number of nitrogens with zero attached hydrogens (tertiary/aromatic N) is 4. The molecule has 0 unspecified atom stereocenters. The van der Waals surface area contributed by atoms with Gasteiger partial charge < -0.3 is 4.57 Å².